The van der Waals surface area contributed by atoms with Crippen LogP contribution in [0.2, 0.25) is 0 Å². The maximum absolute atomic E-state index is 11.9. The Kier molecular flexibility index (Phi) is 7.05. The largest absolute Gasteiger partial charge is 0.483 e. The lowest BCUT2D eigenvalue weighted by atomic mass is 9.78. The van der Waals surface area contributed by atoms with Crippen LogP contribution in [0.25, 0.3) is 0 Å². The van der Waals surface area contributed by atoms with E-state index in [0.717, 1.165) is 23.3 Å². The summed E-state index contributed by atoms with van der Waals surface area (Å²) in [4.78, 5) is 11.9. The molecule has 3 atom stereocenters. The molecule has 138 valence electrons. The summed E-state index contributed by atoms with van der Waals surface area (Å²) < 4.78 is 5.58. The molecule has 1 aromatic carbocycles. The summed E-state index contributed by atoms with van der Waals surface area (Å²) >= 11 is 5.28. The van der Waals surface area contributed by atoms with Crippen molar-refractivity contribution in [2.45, 2.75) is 53.0 Å². The first-order valence-corrected chi connectivity index (χ1v) is 9.33. The molecule has 0 saturated heterocycles. The molecule has 5 nitrogen and oxygen atoms in total. The van der Waals surface area contributed by atoms with Crippen LogP contribution in [-0.2, 0) is 4.79 Å². The van der Waals surface area contributed by atoms with E-state index in [1.165, 1.54) is 12.8 Å². The fourth-order valence-electron chi connectivity index (χ4n) is 3.18. The van der Waals surface area contributed by atoms with Gasteiger partial charge in [-0.15, -0.1) is 0 Å². The first-order valence-electron chi connectivity index (χ1n) is 8.93. The van der Waals surface area contributed by atoms with Crippen molar-refractivity contribution in [1.82, 2.24) is 16.2 Å². The predicted molar refractivity (Wildman–Crippen MR) is 104 cm³/mol. The Labute approximate surface area is 155 Å². The Hall–Kier alpha value is -1.82. The maximum Gasteiger partial charge on any atom is 0.276 e. The summed E-state index contributed by atoms with van der Waals surface area (Å²) in [5, 5.41) is 3.76. The normalized spacial score (nSPS) is 22.8. The quantitative estimate of drug-likeness (QED) is 0.567. The Balaban J connectivity index is 1.72. The molecule has 25 heavy (non-hydrogen) atoms. The molecular formula is C19H29N3O2S. The number of benzene rings is 1. The number of hydrogen-bond acceptors (Lipinski definition) is 3. The van der Waals surface area contributed by atoms with Crippen LogP contribution in [0.4, 0.5) is 0 Å². The fourth-order valence-corrected chi connectivity index (χ4v) is 3.38. The van der Waals surface area contributed by atoms with Gasteiger partial charge in [-0.2, -0.15) is 0 Å². The number of carbonyl (C=O) groups is 1. The Morgan fingerprint density at radius 3 is 2.76 bits per heavy atom. The number of carbonyl (C=O) groups excluding carboxylic acids is 1. The van der Waals surface area contributed by atoms with Crippen molar-refractivity contribution in [2.24, 2.45) is 11.8 Å². The summed E-state index contributed by atoms with van der Waals surface area (Å²) in [6, 6.07) is 6.15. The number of rotatable bonds is 4. The number of nitrogens with one attached hydrogen (secondary N) is 3. The van der Waals surface area contributed by atoms with E-state index >= 15 is 0 Å². The minimum Gasteiger partial charge on any atom is -0.483 e. The number of aryl methyl sites for hydroxylation is 1. The van der Waals surface area contributed by atoms with Crippen molar-refractivity contribution in [1.29, 1.82) is 0 Å². The van der Waals surface area contributed by atoms with Crippen molar-refractivity contribution in [3.8, 4) is 5.75 Å². The van der Waals surface area contributed by atoms with Crippen LogP contribution in [0.3, 0.4) is 0 Å². The first-order chi connectivity index (χ1) is 11.9. The summed E-state index contributed by atoms with van der Waals surface area (Å²) in [7, 11) is 0. The van der Waals surface area contributed by atoms with E-state index in [1.54, 1.807) is 0 Å². The number of hydrazine groups is 1. The van der Waals surface area contributed by atoms with Crippen LogP contribution in [-0.4, -0.2) is 23.7 Å². The van der Waals surface area contributed by atoms with Gasteiger partial charge in [0.2, 0.25) is 0 Å². The Morgan fingerprint density at radius 1 is 1.24 bits per heavy atom. The zero-order valence-corrected chi connectivity index (χ0v) is 16.3. The van der Waals surface area contributed by atoms with Crippen LogP contribution >= 0.6 is 12.2 Å². The van der Waals surface area contributed by atoms with Crippen molar-refractivity contribution in [3.05, 3.63) is 29.3 Å². The summed E-state index contributed by atoms with van der Waals surface area (Å²) in [6.07, 6.45) is 3.59. The molecule has 0 spiro atoms. The molecule has 0 aliphatic heterocycles. The molecule has 0 unspecified atom stereocenters. The van der Waals surface area contributed by atoms with E-state index < -0.39 is 0 Å². The topological polar surface area (TPSA) is 62.4 Å². The second-order valence-corrected chi connectivity index (χ2v) is 7.42. The van der Waals surface area contributed by atoms with Gasteiger partial charge in [-0.25, -0.2) is 0 Å². The van der Waals surface area contributed by atoms with Crippen molar-refractivity contribution in [3.63, 3.8) is 0 Å². The molecule has 2 rings (SSSR count). The second-order valence-electron chi connectivity index (χ2n) is 7.01. The molecule has 6 heteroatoms. The molecule has 0 radical (unpaired) electrons. The highest BCUT2D eigenvalue weighted by Gasteiger charge is 2.27. The number of hydrogen-bond donors (Lipinski definition) is 3. The van der Waals surface area contributed by atoms with Gasteiger partial charge in [-0.1, -0.05) is 38.8 Å². The van der Waals surface area contributed by atoms with Gasteiger partial charge in [0.25, 0.3) is 5.91 Å². The van der Waals surface area contributed by atoms with Gasteiger partial charge in [-0.3, -0.25) is 15.6 Å². The van der Waals surface area contributed by atoms with Gasteiger partial charge in [0.1, 0.15) is 5.75 Å². The SMILES string of the molecule is Cc1cccc(OCC(=O)NNC(=S)N[C@H]2CCC[C@@H](C)[C@@H]2C)c1C. The smallest absolute Gasteiger partial charge is 0.276 e. The maximum atomic E-state index is 11.9. The van der Waals surface area contributed by atoms with Crippen molar-refractivity contribution in [2.75, 3.05) is 6.61 Å². The zero-order valence-electron chi connectivity index (χ0n) is 15.5. The molecular weight excluding hydrogens is 334 g/mol. The third-order valence-electron chi connectivity index (χ3n) is 5.25. The Bertz CT molecular complexity index is 621. The number of amides is 1. The van der Waals surface area contributed by atoms with Gasteiger partial charge in [0.05, 0.1) is 0 Å². The summed E-state index contributed by atoms with van der Waals surface area (Å²) in [5.74, 6) is 1.71. The highest BCUT2D eigenvalue weighted by Crippen LogP contribution is 2.29. The van der Waals surface area contributed by atoms with Crippen LogP contribution in [0, 0.1) is 25.7 Å². The monoisotopic (exact) mass is 363 g/mol. The highest BCUT2D eigenvalue weighted by atomic mass is 32.1. The molecule has 0 aromatic heterocycles. The third-order valence-corrected chi connectivity index (χ3v) is 5.47. The van der Waals surface area contributed by atoms with Gasteiger partial charge in [-0.05, 0) is 61.5 Å². The highest BCUT2D eigenvalue weighted by molar-refractivity contribution is 7.80. The average Bonchev–Trinajstić information content (AvgIpc) is 2.58. The predicted octanol–water partition coefficient (Wildman–Crippen LogP) is 3.00. The third kappa shape index (κ3) is 5.59. The summed E-state index contributed by atoms with van der Waals surface area (Å²) in [6.45, 7) is 8.46. The van der Waals surface area contributed by atoms with E-state index in [0.29, 0.717) is 23.0 Å². The first kappa shape index (κ1) is 19.5. The standard InChI is InChI=1S/C19H29N3O2S/c1-12-7-5-9-16(14(12)3)20-19(25)22-21-18(23)11-24-17-10-6-8-13(2)15(17)4/h6,8,10,12,14,16H,5,7,9,11H2,1-4H3,(H,21,23)(H2,20,22,25)/t12-,14+,16+/m1/s1. The van der Waals surface area contributed by atoms with Crippen molar-refractivity contribution < 1.29 is 9.53 Å². The molecule has 1 aliphatic carbocycles. The average molecular weight is 364 g/mol. The minimum atomic E-state index is -0.268. The molecule has 1 saturated carbocycles. The molecule has 0 bridgehead atoms. The molecule has 0 heterocycles. The number of thiocarbonyl (C=S) groups is 1. The van der Waals surface area contributed by atoms with Crippen LogP contribution in [0.15, 0.2) is 18.2 Å². The molecule has 3 N–H and O–H groups in total. The van der Waals surface area contributed by atoms with Crippen LogP contribution in [0.5, 0.6) is 5.75 Å². The fraction of sp³-hybridized carbons (Fsp3) is 0.579. The summed E-state index contributed by atoms with van der Waals surface area (Å²) in [5.41, 5.74) is 7.53. The Morgan fingerprint density at radius 2 is 2.00 bits per heavy atom. The van der Waals surface area contributed by atoms with Gasteiger partial charge in [0.15, 0.2) is 11.7 Å². The zero-order chi connectivity index (χ0) is 18.4. The van der Waals surface area contributed by atoms with Gasteiger partial charge >= 0.3 is 0 Å². The minimum absolute atomic E-state index is 0.0588. The van der Waals surface area contributed by atoms with Crippen LogP contribution < -0.4 is 20.9 Å². The van der Waals surface area contributed by atoms with E-state index in [-0.39, 0.29) is 12.5 Å². The van der Waals surface area contributed by atoms with Crippen LogP contribution in [0.1, 0.15) is 44.2 Å². The molecule has 1 fully saturated rings. The lowest BCUT2D eigenvalue weighted by Gasteiger charge is -2.35. The van der Waals surface area contributed by atoms with E-state index in [1.807, 2.05) is 32.0 Å². The molecule has 1 amide bonds. The van der Waals surface area contributed by atoms with Gasteiger partial charge in [0, 0.05) is 6.04 Å². The number of ether oxygens (including phenoxy) is 1. The second kappa shape index (κ2) is 9.04. The molecule has 1 aliphatic rings. The lowest BCUT2D eigenvalue weighted by Crippen LogP contribution is -2.53. The van der Waals surface area contributed by atoms with Gasteiger partial charge < -0.3 is 10.1 Å². The molecule has 1 aromatic rings. The van der Waals surface area contributed by atoms with E-state index in [9.17, 15) is 4.79 Å². The van der Waals surface area contributed by atoms with Crippen molar-refractivity contribution >= 4 is 23.2 Å². The van der Waals surface area contributed by atoms with E-state index in [2.05, 4.69) is 30.0 Å². The van der Waals surface area contributed by atoms with E-state index in [4.69, 9.17) is 17.0 Å². The lowest BCUT2D eigenvalue weighted by molar-refractivity contribution is -0.123.